The Kier molecular flexibility index (Phi) is 4.31. The van der Waals surface area contributed by atoms with E-state index in [4.69, 9.17) is 4.98 Å². The molecule has 1 unspecified atom stereocenters. The molecule has 1 aliphatic carbocycles. The van der Waals surface area contributed by atoms with Gasteiger partial charge in [0, 0.05) is 31.2 Å². The van der Waals surface area contributed by atoms with E-state index in [1.807, 2.05) is 23.9 Å². The van der Waals surface area contributed by atoms with Gasteiger partial charge in [0.2, 0.25) is 5.95 Å². The molecule has 1 aliphatic rings. The van der Waals surface area contributed by atoms with E-state index in [-0.39, 0.29) is 11.9 Å². The van der Waals surface area contributed by atoms with Crippen LogP contribution >= 0.6 is 0 Å². The fourth-order valence-electron chi connectivity index (χ4n) is 3.95. The fraction of sp³-hybridized carbons (Fsp3) is 0.174. The Labute approximate surface area is 168 Å². The topological polar surface area (TPSA) is 55.6 Å². The van der Waals surface area contributed by atoms with Crippen molar-refractivity contribution in [2.75, 3.05) is 5.32 Å². The molecule has 0 fully saturated rings. The molecule has 0 saturated heterocycles. The van der Waals surface area contributed by atoms with Crippen LogP contribution < -0.4 is 5.32 Å². The highest BCUT2D eigenvalue weighted by molar-refractivity contribution is 5.78. The van der Waals surface area contributed by atoms with Crippen LogP contribution in [0, 0.1) is 5.82 Å². The molecule has 0 amide bonds. The van der Waals surface area contributed by atoms with Crippen LogP contribution in [0.3, 0.4) is 0 Å². The number of anilines is 1. The van der Waals surface area contributed by atoms with Crippen LogP contribution in [-0.4, -0.2) is 19.5 Å². The monoisotopic (exact) mass is 385 g/mol. The van der Waals surface area contributed by atoms with Crippen molar-refractivity contribution in [2.24, 2.45) is 7.05 Å². The minimum absolute atomic E-state index is 0.181. The number of hydrogen-bond donors (Lipinski definition) is 1. The van der Waals surface area contributed by atoms with E-state index < -0.39 is 0 Å². The van der Waals surface area contributed by atoms with Crippen LogP contribution in [-0.2, 0) is 13.5 Å². The SMILES string of the molecule is Cn1ccnc1-c1nc(NC2CCc3ccccc32)ncc1-c1cccc(F)c1. The second-order valence-electron chi connectivity index (χ2n) is 7.26. The highest BCUT2D eigenvalue weighted by Gasteiger charge is 2.23. The summed E-state index contributed by atoms with van der Waals surface area (Å²) in [6.45, 7) is 0. The predicted octanol–water partition coefficient (Wildman–Crippen LogP) is 4.78. The number of nitrogens with zero attached hydrogens (tertiary/aromatic N) is 4. The van der Waals surface area contributed by atoms with Gasteiger partial charge in [-0.25, -0.2) is 19.3 Å². The van der Waals surface area contributed by atoms with Crippen molar-refractivity contribution >= 4 is 5.95 Å². The van der Waals surface area contributed by atoms with Gasteiger partial charge in [0.1, 0.15) is 11.5 Å². The van der Waals surface area contributed by atoms with E-state index in [0.717, 1.165) is 24.0 Å². The van der Waals surface area contributed by atoms with E-state index in [1.165, 1.54) is 23.3 Å². The molecule has 2 aromatic heterocycles. The van der Waals surface area contributed by atoms with Crippen molar-refractivity contribution in [3.63, 3.8) is 0 Å². The highest BCUT2D eigenvalue weighted by Crippen LogP contribution is 2.34. The lowest BCUT2D eigenvalue weighted by molar-refractivity contribution is 0.628. The van der Waals surface area contributed by atoms with Gasteiger partial charge < -0.3 is 9.88 Å². The van der Waals surface area contributed by atoms with Crippen molar-refractivity contribution in [2.45, 2.75) is 18.9 Å². The number of hydrogen-bond acceptors (Lipinski definition) is 4. The van der Waals surface area contributed by atoms with Gasteiger partial charge in [0.15, 0.2) is 5.82 Å². The van der Waals surface area contributed by atoms with Crippen LogP contribution in [0.4, 0.5) is 10.3 Å². The number of nitrogens with one attached hydrogen (secondary N) is 1. The Balaban J connectivity index is 1.56. The molecule has 6 heteroatoms. The number of benzene rings is 2. The van der Waals surface area contributed by atoms with Crippen molar-refractivity contribution in [1.82, 2.24) is 19.5 Å². The zero-order valence-electron chi connectivity index (χ0n) is 16.0. The molecule has 1 atom stereocenters. The van der Waals surface area contributed by atoms with E-state index in [9.17, 15) is 4.39 Å². The van der Waals surface area contributed by atoms with Crippen molar-refractivity contribution < 1.29 is 4.39 Å². The van der Waals surface area contributed by atoms with Gasteiger partial charge in [0.05, 0.1) is 6.04 Å². The molecule has 5 nitrogen and oxygen atoms in total. The largest absolute Gasteiger partial charge is 0.347 e. The zero-order valence-corrected chi connectivity index (χ0v) is 16.0. The molecule has 2 heterocycles. The van der Waals surface area contributed by atoms with Crippen LogP contribution in [0.5, 0.6) is 0 Å². The molecule has 5 rings (SSSR count). The lowest BCUT2D eigenvalue weighted by atomic mass is 10.1. The molecule has 0 radical (unpaired) electrons. The molecule has 0 bridgehead atoms. The van der Waals surface area contributed by atoms with Gasteiger partial charge in [-0.3, -0.25) is 0 Å². The summed E-state index contributed by atoms with van der Waals surface area (Å²) in [5, 5.41) is 3.48. The number of rotatable bonds is 4. The third-order valence-corrected chi connectivity index (χ3v) is 5.39. The third kappa shape index (κ3) is 3.27. The maximum absolute atomic E-state index is 13.8. The van der Waals surface area contributed by atoms with Crippen LogP contribution in [0.25, 0.3) is 22.6 Å². The number of aryl methyl sites for hydroxylation is 2. The Morgan fingerprint density at radius 3 is 2.83 bits per heavy atom. The fourth-order valence-corrected chi connectivity index (χ4v) is 3.95. The summed E-state index contributed by atoms with van der Waals surface area (Å²) in [5.74, 6) is 0.962. The smallest absolute Gasteiger partial charge is 0.223 e. The second-order valence-corrected chi connectivity index (χ2v) is 7.26. The first-order valence-corrected chi connectivity index (χ1v) is 9.64. The van der Waals surface area contributed by atoms with Gasteiger partial charge in [-0.05, 0) is 41.7 Å². The lowest BCUT2D eigenvalue weighted by Gasteiger charge is -2.16. The Morgan fingerprint density at radius 2 is 2.00 bits per heavy atom. The molecule has 2 aromatic carbocycles. The highest BCUT2D eigenvalue weighted by atomic mass is 19.1. The molecule has 0 spiro atoms. The summed E-state index contributed by atoms with van der Waals surface area (Å²) in [4.78, 5) is 13.8. The number of halogens is 1. The molecule has 144 valence electrons. The second kappa shape index (κ2) is 7.13. The maximum Gasteiger partial charge on any atom is 0.223 e. The van der Waals surface area contributed by atoms with Crippen molar-refractivity contribution in [3.8, 4) is 22.6 Å². The zero-order chi connectivity index (χ0) is 19.8. The van der Waals surface area contributed by atoms with Gasteiger partial charge in [0.25, 0.3) is 0 Å². The van der Waals surface area contributed by atoms with Crippen molar-refractivity contribution in [1.29, 1.82) is 0 Å². The predicted molar refractivity (Wildman–Crippen MR) is 111 cm³/mol. The average Bonchev–Trinajstić information content (AvgIpc) is 3.34. The summed E-state index contributed by atoms with van der Waals surface area (Å²) in [7, 11) is 1.92. The minimum Gasteiger partial charge on any atom is -0.347 e. The average molecular weight is 385 g/mol. The molecule has 4 aromatic rings. The molecule has 0 saturated carbocycles. The lowest BCUT2D eigenvalue weighted by Crippen LogP contribution is -2.11. The number of aromatic nitrogens is 4. The molecule has 29 heavy (non-hydrogen) atoms. The van der Waals surface area contributed by atoms with Gasteiger partial charge >= 0.3 is 0 Å². The minimum atomic E-state index is -0.293. The first kappa shape index (κ1) is 17.6. The summed E-state index contributed by atoms with van der Waals surface area (Å²) < 4.78 is 15.7. The number of imidazole rings is 1. The van der Waals surface area contributed by atoms with Crippen LogP contribution in [0.2, 0.25) is 0 Å². The first-order chi connectivity index (χ1) is 14.2. The summed E-state index contributed by atoms with van der Waals surface area (Å²) >= 11 is 0. The molecular formula is C23H20FN5. The first-order valence-electron chi connectivity index (χ1n) is 9.64. The Morgan fingerprint density at radius 1 is 1.10 bits per heavy atom. The summed E-state index contributed by atoms with van der Waals surface area (Å²) in [6.07, 6.45) is 7.39. The third-order valence-electron chi connectivity index (χ3n) is 5.39. The normalized spacial score (nSPS) is 15.3. The molecule has 1 N–H and O–H groups in total. The Hall–Kier alpha value is -3.54. The standard InChI is InChI=1S/C23H20FN5/c1-29-12-11-25-22(29)21-19(16-6-4-7-17(24)13-16)14-26-23(28-21)27-20-10-9-15-5-2-3-8-18(15)20/h2-8,11-14,20H,9-10H2,1H3,(H,26,27,28). The quantitative estimate of drug-likeness (QED) is 0.549. The summed E-state index contributed by atoms with van der Waals surface area (Å²) in [5.41, 5.74) is 4.80. The molecular weight excluding hydrogens is 365 g/mol. The summed E-state index contributed by atoms with van der Waals surface area (Å²) in [6, 6.07) is 15.1. The van der Waals surface area contributed by atoms with Gasteiger partial charge in [-0.1, -0.05) is 36.4 Å². The van der Waals surface area contributed by atoms with Gasteiger partial charge in [-0.15, -0.1) is 0 Å². The van der Waals surface area contributed by atoms with E-state index >= 15 is 0 Å². The maximum atomic E-state index is 13.8. The van der Waals surface area contributed by atoms with Crippen LogP contribution in [0.15, 0.2) is 67.1 Å². The number of fused-ring (bicyclic) bond motifs is 1. The molecule has 0 aliphatic heterocycles. The van der Waals surface area contributed by atoms with Gasteiger partial charge in [-0.2, -0.15) is 0 Å². The van der Waals surface area contributed by atoms with E-state index in [2.05, 4.69) is 39.6 Å². The van der Waals surface area contributed by atoms with Crippen molar-refractivity contribution in [3.05, 3.63) is 84.1 Å². The Bertz CT molecular complexity index is 1180. The van der Waals surface area contributed by atoms with E-state index in [0.29, 0.717) is 17.5 Å². The van der Waals surface area contributed by atoms with Crippen LogP contribution in [0.1, 0.15) is 23.6 Å². The van der Waals surface area contributed by atoms with E-state index in [1.54, 1.807) is 18.5 Å².